The third kappa shape index (κ3) is 21.0. The van der Waals surface area contributed by atoms with Crippen LogP contribution in [0.1, 0.15) is 62.6 Å². The first-order chi connectivity index (χ1) is 33.8. The zero-order chi connectivity index (χ0) is 52.5. The number of nitrogens with one attached hydrogen (secondary N) is 7. The Kier molecular flexibility index (Phi) is 24.0. The molecule has 0 saturated heterocycles. The third-order valence-electron chi connectivity index (χ3n) is 10.9. The Hall–Kier alpha value is -8.08. The molecule has 3 rings (SSSR count). The van der Waals surface area contributed by atoms with E-state index in [-0.39, 0.29) is 56.9 Å². The highest BCUT2D eigenvalue weighted by Gasteiger charge is 2.35. The number of likely N-dealkylation sites (N-methyl/N-ethyl adjacent to an activating group) is 1. The van der Waals surface area contributed by atoms with Gasteiger partial charge in [0.1, 0.15) is 36.3 Å². The molecule has 3 aromatic rings. The maximum Gasteiger partial charge on any atom is 0.334 e. The summed E-state index contributed by atoms with van der Waals surface area (Å²) < 4.78 is 0. The zero-order valence-corrected chi connectivity index (χ0v) is 40.1. The van der Waals surface area contributed by atoms with Crippen LogP contribution >= 0.6 is 0 Å². The average molecular weight is 986 g/mol. The summed E-state index contributed by atoms with van der Waals surface area (Å²) in [5, 5.41) is 22.6. The van der Waals surface area contributed by atoms with Crippen LogP contribution in [-0.4, -0.2) is 126 Å². The molecule has 0 heterocycles. The van der Waals surface area contributed by atoms with Crippen LogP contribution in [0.4, 0.5) is 4.79 Å². The SMILES string of the molecule is CC(C)C[C@H](NC(=O)NNC(=O)[C@H](Cc1ccccc1)NC(=O)[C@H](CO)NC(=O)[C@H](CC(N)=O)NC(=O)CCc1ccccc1)C(=O)N(C)[C@@H](CCCN=C(N)N)C(=O)N[C@@H](Cc1ccccc1)C(N)=O. The number of aliphatic hydroxyl groups is 1. The van der Waals surface area contributed by atoms with Gasteiger partial charge in [0.05, 0.1) is 13.0 Å². The van der Waals surface area contributed by atoms with Gasteiger partial charge in [-0.15, -0.1) is 0 Å². The van der Waals surface area contributed by atoms with E-state index in [1.807, 2.05) is 18.2 Å². The summed E-state index contributed by atoms with van der Waals surface area (Å²) in [4.78, 5) is 124. The Balaban J connectivity index is 1.75. The van der Waals surface area contributed by atoms with Gasteiger partial charge in [-0.1, -0.05) is 105 Å². The van der Waals surface area contributed by atoms with E-state index in [0.29, 0.717) is 12.0 Å². The highest BCUT2D eigenvalue weighted by atomic mass is 16.3. The first-order valence-corrected chi connectivity index (χ1v) is 23.0. The highest BCUT2D eigenvalue weighted by molar-refractivity contribution is 5.97. The van der Waals surface area contributed by atoms with Crippen LogP contribution < -0.4 is 60.4 Å². The summed E-state index contributed by atoms with van der Waals surface area (Å²) in [6.07, 6.45) is -0.0660. The Bertz CT molecular complexity index is 2280. The molecule has 6 atom stereocenters. The first-order valence-electron chi connectivity index (χ1n) is 23.0. The van der Waals surface area contributed by atoms with Crippen LogP contribution in [-0.2, 0) is 57.6 Å². The predicted octanol–water partition coefficient (Wildman–Crippen LogP) is -1.98. The molecule has 0 saturated carbocycles. The van der Waals surface area contributed by atoms with E-state index in [2.05, 4.69) is 42.4 Å². The minimum Gasteiger partial charge on any atom is -0.394 e. The molecule has 16 N–H and O–H groups in total. The number of hydrogen-bond acceptors (Lipinski definition) is 11. The minimum atomic E-state index is -1.69. The molecular weight excluding hydrogens is 919 g/mol. The number of carbonyl (C=O) groups excluding carboxylic acids is 9. The minimum absolute atomic E-state index is 0.0351. The fourth-order valence-electron chi connectivity index (χ4n) is 7.20. The number of rotatable bonds is 28. The molecular formula is C48H67N13O10. The molecule has 23 heteroatoms. The largest absolute Gasteiger partial charge is 0.394 e. The summed E-state index contributed by atoms with van der Waals surface area (Å²) >= 11 is 0. The second-order valence-corrected chi connectivity index (χ2v) is 17.1. The number of benzene rings is 3. The fourth-order valence-corrected chi connectivity index (χ4v) is 7.20. The quantitative estimate of drug-likeness (QED) is 0.0163. The monoisotopic (exact) mass is 986 g/mol. The van der Waals surface area contributed by atoms with Crippen LogP contribution in [0.25, 0.3) is 0 Å². The number of carbonyl (C=O) groups is 9. The standard InChI is InChI=1S/C48H67N13O10/c1-29(2)24-36(46(70)61(3)38(20-13-23-53-47(51)52)45(69)55-33(41(50)65)25-31-16-9-5-10-17-31)58-48(71)60-59-44(68)34(26-32-18-11-6-12-19-32)56-43(67)37(28-62)57-42(66)35(27-39(49)63)54-40(64)22-21-30-14-7-4-8-15-30/h4-12,14-19,29,33-38,62H,13,20-28H2,1-3H3,(H2,49,63)(H2,50,65)(H,54,64)(H,55,69)(H,56,67)(H,57,66)(H,59,68)(H4,51,52,53)(H2,58,60,71)/t33-,34-,35-,36-,37-,38-/m0/s1. The summed E-state index contributed by atoms with van der Waals surface area (Å²) in [5.74, 6) is -7.09. The van der Waals surface area contributed by atoms with Gasteiger partial charge in [0.15, 0.2) is 5.96 Å². The Morgan fingerprint density at radius 2 is 1.13 bits per heavy atom. The maximum absolute atomic E-state index is 14.2. The molecule has 0 fully saturated rings. The number of aliphatic hydroxyl groups excluding tert-OH is 1. The number of guanidine groups is 1. The maximum atomic E-state index is 14.2. The van der Waals surface area contributed by atoms with Crippen molar-refractivity contribution >= 4 is 59.2 Å². The molecule has 23 nitrogen and oxygen atoms in total. The van der Waals surface area contributed by atoms with Crippen molar-refractivity contribution in [2.24, 2.45) is 33.8 Å². The van der Waals surface area contributed by atoms with Gasteiger partial charge >= 0.3 is 6.03 Å². The number of hydrazine groups is 1. The van der Waals surface area contributed by atoms with Gasteiger partial charge in [-0.2, -0.15) is 0 Å². The van der Waals surface area contributed by atoms with Crippen molar-refractivity contribution < 1.29 is 48.3 Å². The lowest BCUT2D eigenvalue weighted by molar-refractivity contribution is -0.141. The summed E-state index contributed by atoms with van der Waals surface area (Å²) in [7, 11) is 1.36. The molecule has 0 aliphatic carbocycles. The van der Waals surface area contributed by atoms with E-state index < -0.39 is 103 Å². The number of hydrogen-bond donors (Lipinski definition) is 12. The van der Waals surface area contributed by atoms with Crippen molar-refractivity contribution in [3.8, 4) is 0 Å². The van der Waals surface area contributed by atoms with Crippen LogP contribution in [0.3, 0.4) is 0 Å². The molecule has 0 spiro atoms. The Labute approximate surface area is 412 Å². The van der Waals surface area contributed by atoms with Gasteiger partial charge in [0.25, 0.3) is 5.91 Å². The van der Waals surface area contributed by atoms with Crippen molar-refractivity contribution in [3.63, 3.8) is 0 Å². The molecule has 384 valence electrons. The van der Waals surface area contributed by atoms with Gasteiger partial charge in [0, 0.05) is 32.9 Å². The Morgan fingerprint density at radius 1 is 0.606 bits per heavy atom. The smallest absolute Gasteiger partial charge is 0.334 e. The number of primary amides is 2. The van der Waals surface area contributed by atoms with Crippen molar-refractivity contribution in [3.05, 3.63) is 108 Å². The second-order valence-electron chi connectivity index (χ2n) is 17.1. The summed E-state index contributed by atoms with van der Waals surface area (Å²) in [5.41, 5.74) is 28.5. The Morgan fingerprint density at radius 3 is 1.65 bits per heavy atom. The van der Waals surface area contributed by atoms with Crippen molar-refractivity contribution in [2.45, 2.75) is 101 Å². The van der Waals surface area contributed by atoms with Gasteiger partial charge in [-0.05, 0) is 48.3 Å². The average Bonchev–Trinajstić information content (AvgIpc) is 3.33. The van der Waals surface area contributed by atoms with E-state index in [9.17, 15) is 48.3 Å². The summed E-state index contributed by atoms with van der Waals surface area (Å²) in [6.45, 7) is 2.73. The topological polar surface area (TPSA) is 378 Å². The molecule has 0 bridgehead atoms. The predicted molar refractivity (Wildman–Crippen MR) is 262 cm³/mol. The van der Waals surface area contributed by atoms with E-state index in [0.717, 1.165) is 16.0 Å². The van der Waals surface area contributed by atoms with Crippen LogP contribution in [0, 0.1) is 5.92 Å². The van der Waals surface area contributed by atoms with Crippen molar-refractivity contribution in [1.29, 1.82) is 0 Å². The molecule has 0 aliphatic heterocycles. The number of aliphatic imine (C=N–C) groups is 1. The van der Waals surface area contributed by atoms with E-state index in [1.165, 1.54) is 7.05 Å². The molecule has 0 aromatic heterocycles. The molecule has 3 aromatic carbocycles. The summed E-state index contributed by atoms with van der Waals surface area (Å²) in [6, 6.07) is 17.0. The van der Waals surface area contributed by atoms with Crippen LogP contribution in [0.15, 0.2) is 96.0 Å². The third-order valence-corrected chi connectivity index (χ3v) is 10.9. The molecule has 71 heavy (non-hydrogen) atoms. The number of nitrogens with two attached hydrogens (primary N) is 4. The van der Waals surface area contributed by atoms with Gasteiger partial charge in [-0.3, -0.25) is 48.8 Å². The lowest BCUT2D eigenvalue weighted by atomic mass is 10.0. The van der Waals surface area contributed by atoms with E-state index >= 15 is 0 Å². The fraction of sp³-hybridized carbons (Fsp3) is 0.417. The molecule has 10 amide bonds. The number of aryl methyl sites for hydroxylation is 1. The number of urea groups is 1. The first kappa shape index (κ1) is 57.2. The number of nitrogens with zero attached hydrogens (tertiary/aromatic N) is 2. The van der Waals surface area contributed by atoms with Gasteiger partial charge < -0.3 is 59.5 Å². The van der Waals surface area contributed by atoms with Crippen LogP contribution in [0.2, 0.25) is 0 Å². The lowest BCUT2D eigenvalue weighted by Gasteiger charge is -2.32. The zero-order valence-electron chi connectivity index (χ0n) is 40.1. The van der Waals surface area contributed by atoms with Crippen molar-refractivity contribution in [1.82, 2.24) is 42.3 Å². The van der Waals surface area contributed by atoms with E-state index in [1.54, 1.807) is 86.6 Å². The normalized spacial score (nSPS) is 13.3. The van der Waals surface area contributed by atoms with Gasteiger partial charge in [-0.25, -0.2) is 10.2 Å². The molecule has 0 radical (unpaired) electrons. The number of amides is 10. The van der Waals surface area contributed by atoms with E-state index in [4.69, 9.17) is 22.9 Å². The van der Waals surface area contributed by atoms with Gasteiger partial charge in [0.2, 0.25) is 41.4 Å². The highest BCUT2D eigenvalue weighted by Crippen LogP contribution is 2.15. The lowest BCUT2D eigenvalue weighted by Crippen LogP contribution is -2.61. The molecule has 0 aliphatic rings. The van der Waals surface area contributed by atoms with Crippen molar-refractivity contribution in [2.75, 3.05) is 20.2 Å². The van der Waals surface area contributed by atoms with Crippen LogP contribution in [0.5, 0.6) is 0 Å². The second kappa shape index (κ2) is 29.7. The molecule has 0 unspecified atom stereocenters.